The maximum Gasteiger partial charge on any atom is 0.191 e. The van der Waals surface area contributed by atoms with Crippen molar-refractivity contribution >= 4 is 17.7 Å². The van der Waals surface area contributed by atoms with Gasteiger partial charge in [-0.05, 0) is 44.4 Å². The highest BCUT2D eigenvalue weighted by Gasteiger charge is 2.05. The maximum atomic E-state index is 13.1. The molecule has 6 heteroatoms. The Morgan fingerprint density at radius 3 is 2.91 bits per heavy atom. The number of nitrogens with zero attached hydrogens (tertiary/aromatic N) is 1. The molecule has 0 heterocycles. The molecule has 0 amide bonds. The fourth-order valence-corrected chi connectivity index (χ4v) is 2.23. The van der Waals surface area contributed by atoms with Gasteiger partial charge in [-0.3, -0.25) is 0 Å². The van der Waals surface area contributed by atoms with E-state index in [1.807, 2.05) is 25.6 Å². The van der Waals surface area contributed by atoms with Crippen LogP contribution in [0.15, 0.2) is 29.3 Å². The first-order chi connectivity index (χ1) is 10.7. The predicted molar refractivity (Wildman–Crippen MR) is 93.5 cm³/mol. The molecule has 2 N–H and O–H groups in total. The maximum absolute atomic E-state index is 13.1. The predicted octanol–water partition coefficient (Wildman–Crippen LogP) is 2.90. The number of thioether (sulfide) groups is 1. The van der Waals surface area contributed by atoms with Gasteiger partial charge in [0.05, 0.1) is 6.54 Å². The molecule has 0 aliphatic rings. The minimum Gasteiger partial charge on any atom is -0.489 e. The van der Waals surface area contributed by atoms with Gasteiger partial charge in [-0.2, -0.15) is 11.8 Å². The van der Waals surface area contributed by atoms with Crippen molar-refractivity contribution in [2.24, 2.45) is 4.99 Å². The molecule has 1 rings (SSSR count). The van der Waals surface area contributed by atoms with Crippen molar-refractivity contribution in [3.05, 3.63) is 30.1 Å². The molecule has 0 spiro atoms. The van der Waals surface area contributed by atoms with E-state index in [0.717, 1.165) is 31.2 Å². The van der Waals surface area contributed by atoms with Crippen LogP contribution in [0.25, 0.3) is 0 Å². The number of benzene rings is 1. The highest BCUT2D eigenvalue weighted by molar-refractivity contribution is 7.98. The Hall–Kier alpha value is -1.43. The second-order valence-corrected chi connectivity index (χ2v) is 5.86. The van der Waals surface area contributed by atoms with Crippen molar-refractivity contribution in [1.82, 2.24) is 10.6 Å². The van der Waals surface area contributed by atoms with Crippen LogP contribution in [0.1, 0.15) is 20.3 Å². The molecule has 1 aromatic rings. The Bertz CT molecular complexity index is 457. The van der Waals surface area contributed by atoms with E-state index in [1.54, 1.807) is 12.1 Å². The van der Waals surface area contributed by atoms with Crippen LogP contribution in [0, 0.1) is 5.82 Å². The lowest BCUT2D eigenvalue weighted by molar-refractivity contribution is 0.229. The van der Waals surface area contributed by atoms with Gasteiger partial charge >= 0.3 is 0 Å². The molecule has 0 aromatic heterocycles. The second-order valence-electron chi connectivity index (χ2n) is 4.88. The van der Waals surface area contributed by atoms with Gasteiger partial charge < -0.3 is 15.4 Å². The quantitative estimate of drug-likeness (QED) is 0.416. The molecule has 22 heavy (non-hydrogen) atoms. The van der Waals surface area contributed by atoms with E-state index < -0.39 is 0 Å². The van der Waals surface area contributed by atoms with E-state index in [-0.39, 0.29) is 11.9 Å². The molecule has 0 saturated carbocycles. The monoisotopic (exact) mass is 327 g/mol. The Morgan fingerprint density at radius 2 is 2.23 bits per heavy atom. The summed E-state index contributed by atoms with van der Waals surface area (Å²) in [6.07, 6.45) is 3.08. The zero-order valence-corrected chi connectivity index (χ0v) is 14.4. The summed E-state index contributed by atoms with van der Waals surface area (Å²) in [7, 11) is 0. The molecule has 1 unspecified atom stereocenters. The summed E-state index contributed by atoms with van der Waals surface area (Å²) in [4.78, 5) is 4.50. The third kappa shape index (κ3) is 8.12. The van der Waals surface area contributed by atoms with E-state index in [9.17, 15) is 4.39 Å². The molecule has 1 atom stereocenters. The zero-order chi connectivity index (χ0) is 16.2. The smallest absolute Gasteiger partial charge is 0.191 e. The first kappa shape index (κ1) is 18.6. The van der Waals surface area contributed by atoms with Gasteiger partial charge in [0.2, 0.25) is 0 Å². The number of ether oxygens (including phenoxy) is 1. The van der Waals surface area contributed by atoms with Crippen LogP contribution in [0.3, 0.4) is 0 Å². The molecule has 0 saturated heterocycles. The summed E-state index contributed by atoms with van der Waals surface area (Å²) in [6.45, 7) is 6.17. The molecular weight excluding hydrogens is 301 g/mol. The fraction of sp³-hybridized carbons (Fsp3) is 0.562. The molecule has 0 radical (unpaired) electrons. The van der Waals surface area contributed by atoms with Crippen LogP contribution < -0.4 is 15.4 Å². The molecule has 1 aromatic carbocycles. The lowest BCUT2D eigenvalue weighted by Gasteiger charge is -2.15. The van der Waals surface area contributed by atoms with Crippen LogP contribution in [0.2, 0.25) is 0 Å². The summed E-state index contributed by atoms with van der Waals surface area (Å²) in [5, 5.41) is 6.50. The Labute approximate surface area is 136 Å². The number of halogens is 1. The Balaban J connectivity index is 2.43. The van der Waals surface area contributed by atoms with Crippen LogP contribution in [0.5, 0.6) is 5.75 Å². The first-order valence-corrected chi connectivity index (χ1v) is 8.98. The highest BCUT2D eigenvalue weighted by atomic mass is 32.2. The second kappa shape index (κ2) is 11.2. The van der Waals surface area contributed by atoms with Gasteiger partial charge in [-0.1, -0.05) is 6.07 Å². The van der Waals surface area contributed by atoms with Crippen molar-refractivity contribution in [1.29, 1.82) is 0 Å². The Kier molecular flexibility index (Phi) is 9.46. The van der Waals surface area contributed by atoms with Gasteiger partial charge in [0.1, 0.15) is 17.7 Å². The SMILES string of the molecule is CCNC(=NCC(C)Oc1cccc(F)c1)NCCCSC. The van der Waals surface area contributed by atoms with Crippen molar-refractivity contribution < 1.29 is 9.13 Å². The number of nitrogens with one attached hydrogen (secondary N) is 2. The van der Waals surface area contributed by atoms with Crippen molar-refractivity contribution in [2.75, 3.05) is 31.6 Å². The van der Waals surface area contributed by atoms with Crippen LogP contribution in [0.4, 0.5) is 4.39 Å². The third-order valence-electron chi connectivity index (χ3n) is 2.80. The average molecular weight is 327 g/mol. The summed E-state index contributed by atoms with van der Waals surface area (Å²) in [5.41, 5.74) is 0. The fourth-order valence-electron chi connectivity index (χ4n) is 1.79. The van der Waals surface area contributed by atoms with Crippen molar-refractivity contribution in [3.63, 3.8) is 0 Å². The van der Waals surface area contributed by atoms with Crippen LogP contribution >= 0.6 is 11.8 Å². The number of hydrogen-bond donors (Lipinski definition) is 2. The standard InChI is InChI=1S/C16H26FN3OS/c1-4-18-16(19-9-6-10-22-3)20-12-13(2)21-15-8-5-7-14(17)11-15/h5,7-8,11,13H,4,6,9-10,12H2,1-3H3,(H2,18,19,20). The number of guanidine groups is 1. The largest absolute Gasteiger partial charge is 0.489 e. The molecular formula is C16H26FN3OS. The van der Waals surface area contributed by atoms with Crippen LogP contribution in [-0.2, 0) is 0 Å². The van der Waals surface area contributed by atoms with Gasteiger partial charge in [0.15, 0.2) is 5.96 Å². The molecule has 0 aliphatic carbocycles. The van der Waals surface area contributed by atoms with Crippen molar-refractivity contribution in [3.8, 4) is 5.75 Å². The van der Waals surface area contributed by atoms with Crippen LogP contribution in [-0.4, -0.2) is 43.7 Å². The summed E-state index contributed by atoms with van der Waals surface area (Å²) in [6, 6.07) is 6.16. The minimum atomic E-state index is -0.294. The third-order valence-corrected chi connectivity index (χ3v) is 3.50. The number of rotatable bonds is 9. The normalized spacial score (nSPS) is 12.8. The lowest BCUT2D eigenvalue weighted by Crippen LogP contribution is -2.38. The number of aliphatic imine (C=N–C) groups is 1. The lowest BCUT2D eigenvalue weighted by atomic mass is 10.3. The molecule has 0 bridgehead atoms. The van der Waals surface area contributed by atoms with E-state index >= 15 is 0 Å². The topological polar surface area (TPSA) is 45.7 Å². The van der Waals surface area contributed by atoms with Gasteiger partial charge in [-0.15, -0.1) is 0 Å². The van der Waals surface area contributed by atoms with E-state index in [4.69, 9.17) is 4.74 Å². The summed E-state index contributed by atoms with van der Waals surface area (Å²) < 4.78 is 18.8. The van der Waals surface area contributed by atoms with E-state index in [1.165, 1.54) is 12.1 Å². The van der Waals surface area contributed by atoms with Gasteiger partial charge in [0.25, 0.3) is 0 Å². The molecule has 124 valence electrons. The first-order valence-electron chi connectivity index (χ1n) is 7.59. The van der Waals surface area contributed by atoms with E-state index in [0.29, 0.717) is 12.3 Å². The zero-order valence-electron chi connectivity index (χ0n) is 13.6. The number of hydrogen-bond acceptors (Lipinski definition) is 3. The average Bonchev–Trinajstić information content (AvgIpc) is 2.49. The molecule has 4 nitrogen and oxygen atoms in total. The van der Waals surface area contributed by atoms with E-state index in [2.05, 4.69) is 21.9 Å². The minimum absolute atomic E-state index is 0.122. The van der Waals surface area contributed by atoms with Gasteiger partial charge in [-0.25, -0.2) is 9.38 Å². The Morgan fingerprint density at radius 1 is 1.41 bits per heavy atom. The van der Waals surface area contributed by atoms with Gasteiger partial charge in [0, 0.05) is 19.2 Å². The highest BCUT2D eigenvalue weighted by Crippen LogP contribution is 2.13. The molecule has 0 aliphatic heterocycles. The summed E-state index contributed by atoms with van der Waals surface area (Å²) >= 11 is 1.84. The molecule has 0 fully saturated rings. The van der Waals surface area contributed by atoms with Crippen molar-refractivity contribution in [2.45, 2.75) is 26.4 Å². The summed E-state index contributed by atoms with van der Waals surface area (Å²) in [5.74, 6) is 2.15.